The number of hydrogen-bond acceptors (Lipinski definition) is 4. The Morgan fingerprint density at radius 1 is 1.44 bits per heavy atom. The van der Waals surface area contributed by atoms with Gasteiger partial charge >= 0.3 is 6.09 Å². The summed E-state index contributed by atoms with van der Waals surface area (Å²) in [5, 5.41) is 0. The van der Waals surface area contributed by atoms with Gasteiger partial charge in [-0.3, -0.25) is 4.79 Å². The first-order valence-electron chi connectivity index (χ1n) is 5.10. The first-order chi connectivity index (χ1) is 7.59. The van der Waals surface area contributed by atoms with Crippen LogP contribution in [0.3, 0.4) is 0 Å². The molecule has 1 rings (SSSR count). The zero-order valence-electron chi connectivity index (χ0n) is 9.22. The minimum absolute atomic E-state index is 0.398. The number of primary amides is 1. The molecule has 0 aliphatic carbocycles. The maximum Gasteiger partial charge on any atom is 0.410 e. The molecule has 0 saturated carbocycles. The van der Waals surface area contributed by atoms with Crippen LogP contribution in [0.15, 0.2) is 12.2 Å². The summed E-state index contributed by atoms with van der Waals surface area (Å²) in [5.74, 6) is -0.561. The van der Waals surface area contributed by atoms with E-state index < -0.39 is 18.1 Å². The highest BCUT2D eigenvalue weighted by atomic mass is 16.6. The number of hydrogen-bond donors (Lipinski definition) is 1. The topological polar surface area (TPSA) is 81.9 Å². The van der Waals surface area contributed by atoms with Crippen molar-refractivity contribution in [1.82, 2.24) is 4.90 Å². The van der Waals surface area contributed by atoms with Crippen molar-refractivity contribution in [2.24, 2.45) is 5.73 Å². The summed E-state index contributed by atoms with van der Waals surface area (Å²) >= 11 is 0. The SMILES string of the molecule is C[C@@H](/C=C\C(N)=O)OC(=O)N1CCOCC1. The molecule has 6 heteroatoms. The molecule has 1 atom stereocenters. The van der Waals surface area contributed by atoms with Gasteiger partial charge in [-0.2, -0.15) is 0 Å². The fraction of sp³-hybridized carbons (Fsp3) is 0.600. The summed E-state index contributed by atoms with van der Waals surface area (Å²) < 4.78 is 10.2. The number of ether oxygens (including phenoxy) is 2. The maximum atomic E-state index is 11.6. The van der Waals surface area contributed by atoms with E-state index in [0.717, 1.165) is 0 Å². The zero-order chi connectivity index (χ0) is 12.0. The summed E-state index contributed by atoms with van der Waals surface area (Å²) in [5.41, 5.74) is 4.92. The molecule has 6 nitrogen and oxygen atoms in total. The van der Waals surface area contributed by atoms with Crippen molar-refractivity contribution in [3.63, 3.8) is 0 Å². The number of carbonyl (C=O) groups is 2. The minimum Gasteiger partial charge on any atom is -0.442 e. The Kier molecular flexibility index (Phi) is 4.78. The van der Waals surface area contributed by atoms with Gasteiger partial charge in [-0.25, -0.2) is 4.79 Å². The standard InChI is InChI=1S/C10H16N2O4/c1-8(2-3-9(11)13)16-10(14)12-4-6-15-7-5-12/h2-3,8H,4-7H2,1H3,(H2,11,13)/b3-2-/t8-/m0/s1. The number of nitrogens with zero attached hydrogens (tertiary/aromatic N) is 1. The van der Waals surface area contributed by atoms with Crippen molar-refractivity contribution in [3.8, 4) is 0 Å². The Morgan fingerprint density at radius 2 is 2.06 bits per heavy atom. The van der Waals surface area contributed by atoms with Crippen LogP contribution in [0, 0.1) is 0 Å². The molecule has 0 aromatic rings. The highest BCUT2D eigenvalue weighted by molar-refractivity contribution is 5.85. The lowest BCUT2D eigenvalue weighted by Gasteiger charge is -2.26. The molecular formula is C10H16N2O4. The third kappa shape index (κ3) is 4.31. The molecule has 16 heavy (non-hydrogen) atoms. The van der Waals surface area contributed by atoms with Gasteiger partial charge in [0, 0.05) is 19.2 Å². The van der Waals surface area contributed by atoms with Crippen molar-refractivity contribution >= 4 is 12.0 Å². The Hall–Kier alpha value is -1.56. The van der Waals surface area contributed by atoms with Gasteiger partial charge in [-0.15, -0.1) is 0 Å². The van der Waals surface area contributed by atoms with Crippen LogP contribution in [0.1, 0.15) is 6.92 Å². The quantitative estimate of drug-likeness (QED) is 0.683. The van der Waals surface area contributed by atoms with E-state index in [9.17, 15) is 9.59 Å². The summed E-state index contributed by atoms with van der Waals surface area (Å²) in [6.07, 6.45) is 1.76. The molecule has 2 amide bonds. The average Bonchev–Trinajstić information content (AvgIpc) is 2.27. The summed E-state index contributed by atoms with van der Waals surface area (Å²) in [6.45, 7) is 3.79. The Balaban J connectivity index is 2.34. The van der Waals surface area contributed by atoms with Gasteiger partial charge in [-0.1, -0.05) is 0 Å². The first kappa shape index (κ1) is 12.5. The fourth-order valence-electron chi connectivity index (χ4n) is 1.25. The van der Waals surface area contributed by atoms with Gasteiger partial charge in [0.15, 0.2) is 0 Å². The van der Waals surface area contributed by atoms with Crippen LogP contribution in [0.5, 0.6) is 0 Å². The van der Waals surface area contributed by atoms with Gasteiger partial charge < -0.3 is 20.1 Å². The second-order valence-corrected chi connectivity index (χ2v) is 3.45. The lowest BCUT2D eigenvalue weighted by atomic mass is 10.3. The van der Waals surface area contributed by atoms with Crippen LogP contribution in [0.4, 0.5) is 4.79 Å². The number of amides is 2. The van der Waals surface area contributed by atoms with E-state index in [1.807, 2.05) is 0 Å². The van der Waals surface area contributed by atoms with Crippen LogP contribution < -0.4 is 5.73 Å². The Bertz CT molecular complexity index is 285. The van der Waals surface area contributed by atoms with E-state index in [-0.39, 0.29) is 0 Å². The maximum absolute atomic E-state index is 11.6. The monoisotopic (exact) mass is 228 g/mol. The molecule has 0 aromatic heterocycles. The van der Waals surface area contributed by atoms with Crippen molar-refractivity contribution < 1.29 is 19.1 Å². The highest BCUT2D eigenvalue weighted by Crippen LogP contribution is 2.03. The molecule has 90 valence electrons. The third-order valence-electron chi connectivity index (χ3n) is 2.09. The van der Waals surface area contributed by atoms with E-state index in [1.54, 1.807) is 11.8 Å². The second kappa shape index (κ2) is 6.12. The zero-order valence-corrected chi connectivity index (χ0v) is 9.22. The van der Waals surface area contributed by atoms with Crippen molar-refractivity contribution in [2.75, 3.05) is 26.3 Å². The van der Waals surface area contributed by atoms with Gasteiger partial charge in [0.1, 0.15) is 6.10 Å². The molecule has 1 heterocycles. The molecule has 1 aliphatic rings. The molecule has 0 bridgehead atoms. The van der Waals surface area contributed by atoms with Crippen LogP contribution in [0.2, 0.25) is 0 Å². The van der Waals surface area contributed by atoms with Crippen LogP contribution in [0.25, 0.3) is 0 Å². The highest BCUT2D eigenvalue weighted by Gasteiger charge is 2.19. The normalized spacial score (nSPS) is 18.4. The smallest absolute Gasteiger partial charge is 0.410 e. The number of carbonyl (C=O) groups excluding carboxylic acids is 2. The van der Waals surface area contributed by atoms with Crippen LogP contribution in [-0.2, 0) is 14.3 Å². The predicted molar refractivity (Wildman–Crippen MR) is 56.7 cm³/mol. The fourth-order valence-corrected chi connectivity index (χ4v) is 1.25. The van der Waals surface area contributed by atoms with Crippen LogP contribution >= 0.6 is 0 Å². The van der Waals surface area contributed by atoms with E-state index in [2.05, 4.69) is 0 Å². The molecule has 1 saturated heterocycles. The van der Waals surface area contributed by atoms with E-state index in [4.69, 9.17) is 15.2 Å². The molecule has 0 spiro atoms. The average molecular weight is 228 g/mol. The minimum atomic E-state index is -0.561. The summed E-state index contributed by atoms with van der Waals surface area (Å²) in [7, 11) is 0. The van der Waals surface area contributed by atoms with Crippen molar-refractivity contribution in [3.05, 3.63) is 12.2 Å². The lowest BCUT2D eigenvalue weighted by molar-refractivity contribution is -0.113. The first-order valence-corrected chi connectivity index (χ1v) is 5.10. The van der Waals surface area contributed by atoms with Crippen LogP contribution in [-0.4, -0.2) is 49.3 Å². The number of rotatable bonds is 3. The molecule has 0 radical (unpaired) electrons. The molecule has 2 N–H and O–H groups in total. The number of nitrogens with two attached hydrogens (primary N) is 1. The van der Waals surface area contributed by atoms with Gasteiger partial charge in [0.2, 0.25) is 5.91 Å². The Morgan fingerprint density at radius 3 is 2.62 bits per heavy atom. The molecular weight excluding hydrogens is 212 g/mol. The van der Waals surface area contributed by atoms with Crippen molar-refractivity contribution in [1.29, 1.82) is 0 Å². The third-order valence-corrected chi connectivity index (χ3v) is 2.09. The summed E-state index contributed by atoms with van der Waals surface area (Å²) in [4.78, 5) is 23.6. The second-order valence-electron chi connectivity index (χ2n) is 3.45. The predicted octanol–water partition coefficient (Wildman–Crippen LogP) is -0.115. The largest absolute Gasteiger partial charge is 0.442 e. The molecule has 1 fully saturated rings. The molecule has 0 unspecified atom stereocenters. The van der Waals surface area contributed by atoms with E-state index in [0.29, 0.717) is 26.3 Å². The van der Waals surface area contributed by atoms with Gasteiger partial charge in [0.25, 0.3) is 0 Å². The molecule has 1 aliphatic heterocycles. The van der Waals surface area contributed by atoms with Gasteiger partial charge in [0.05, 0.1) is 13.2 Å². The van der Waals surface area contributed by atoms with Crippen molar-refractivity contribution in [2.45, 2.75) is 13.0 Å². The van der Waals surface area contributed by atoms with E-state index in [1.165, 1.54) is 12.2 Å². The lowest BCUT2D eigenvalue weighted by Crippen LogP contribution is -2.41. The Labute approximate surface area is 94.0 Å². The van der Waals surface area contributed by atoms with Gasteiger partial charge in [-0.05, 0) is 13.0 Å². The van der Waals surface area contributed by atoms with E-state index >= 15 is 0 Å². The number of morpholine rings is 1. The molecule has 0 aromatic carbocycles. The summed E-state index contributed by atoms with van der Waals surface area (Å²) in [6, 6.07) is 0.